The standard InChI is InChI=1S/C9H16Cl/c1-2-5-9(10)8-6-3-4-7-8/h8-9H,1-7H2. The predicted octanol–water partition coefficient (Wildman–Crippen LogP) is 3.40. The minimum absolute atomic E-state index is 0.417. The molecule has 0 nitrogen and oxygen atoms in total. The molecule has 1 aliphatic rings. The first-order valence-corrected chi connectivity index (χ1v) is 4.71. The zero-order chi connectivity index (χ0) is 7.40. The van der Waals surface area contributed by atoms with Gasteiger partial charge in [-0.05, 0) is 25.2 Å². The van der Waals surface area contributed by atoms with Gasteiger partial charge in [0.2, 0.25) is 0 Å². The van der Waals surface area contributed by atoms with Crippen molar-refractivity contribution in [3.8, 4) is 0 Å². The van der Waals surface area contributed by atoms with Gasteiger partial charge >= 0.3 is 0 Å². The normalized spacial score (nSPS) is 23.4. The zero-order valence-electron chi connectivity index (χ0n) is 6.48. The Labute approximate surface area is 69.0 Å². The lowest BCUT2D eigenvalue weighted by Crippen LogP contribution is -2.10. The van der Waals surface area contributed by atoms with E-state index in [0.29, 0.717) is 5.38 Å². The minimum Gasteiger partial charge on any atom is -0.123 e. The molecule has 0 spiro atoms. The molecule has 0 saturated heterocycles. The summed E-state index contributed by atoms with van der Waals surface area (Å²) in [6.07, 6.45) is 7.59. The van der Waals surface area contributed by atoms with Crippen LogP contribution in [-0.4, -0.2) is 5.38 Å². The zero-order valence-corrected chi connectivity index (χ0v) is 7.24. The van der Waals surface area contributed by atoms with Crippen LogP contribution >= 0.6 is 11.6 Å². The quantitative estimate of drug-likeness (QED) is 0.554. The van der Waals surface area contributed by atoms with Crippen molar-refractivity contribution in [2.24, 2.45) is 5.92 Å². The average Bonchev–Trinajstić information content (AvgIpc) is 2.38. The monoisotopic (exact) mass is 159 g/mol. The molecule has 0 aromatic carbocycles. The molecule has 0 aliphatic heterocycles. The fourth-order valence-electron chi connectivity index (χ4n) is 1.75. The summed E-state index contributed by atoms with van der Waals surface area (Å²) in [5.74, 6) is 0.809. The topological polar surface area (TPSA) is 0 Å². The smallest absolute Gasteiger partial charge is 0.0364 e. The van der Waals surface area contributed by atoms with Gasteiger partial charge in [-0.3, -0.25) is 0 Å². The van der Waals surface area contributed by atoms with Crippen LogP contribution in [0.1, 0.15) is 38.5 Å². The van der Waals surface area contributed by atoms with Crippen molar-refractivity contribution in [2.45, 2.75) is 43.9 Å². The maximum absolute atomic E-state index is 6.15. The molecular weight excluding hydrogens is 144 g/mol. The highest BCUT2D eigenvalue weighted by Crippen LogP contribution is 2.32. The Kier molecular flexibility index (Phi) is 3.55. The molecule has 0 aromatic heterocycles. The van der Waals surface area contributed by atoms with Crippen LogP contribution in [0.3, 0.4) is 0 Å². The highest BCUT2D eigenvalue weighted by atomic mass is 35.5. The lowest BCUT2D eigenvalue weighted by atomic mass is 10.0. The molecule has 1 unspecified atom stereocenters. The number of alkyl halides is 1. The van der Waals surface area contributed by atoms with Crippen molar-refractivity contribution < 1.29 is 0 Å². The van der Waals surface area contributed by atoms with E-state index >= 15 is 0 Å². The second-order valence-corrected chi connectivity index (χ2v) is 3.76. The van der Waals surface area contributed by atoms with Crippen LogP contribution in [0.2, 0.25) is 0 Å². The molecule has 1 atom stereocenters. The van der Waals surface area contributed by atoms with E-state index in [1.54, 1.807) is 0 Å². The van der Waals surface area contributed by atoms with Gasteiger partial charge in [0.25, 0.3) is 0 Å². The van der Waals surface area contributed by atoms with Gasteiger partial charge in [-0.2, -0.15) is 0 Å². The summed E-state index contributed by atoms with van der Waals surface area (Å²) in [4.78, 5) is 0. The van der Waals surface area contributed by atoms with E-state index in [9.17, 15) is 0 Å². The largest absolute Gasteiger partial charge is 0.123 e. The third-order valence-corrected chi connectivity index (χ3v) is 2.97. The summed E-state index contributed by atoms with van der Waals surface area (Å²) in [7, 11) is 0. The minimum atomic E-state index is 0.417. The van der Waals surface area contributed by atoms with Gasteiger partial charge < -0.3 is 0 Å². The summed E-state index contributed by atoms with van der Waals surface area (Å²) < 4.78 is 0. The summed E-state index contributed by atoms with van der Waals surface area (Å²) in [6.45, 7) is 3.81. The van der Waals surface area contributed by atoms with Gasteiger partial charge in [0, 0.05) is 5.38 Å². The molecule has 0 aromatic rings. The molecule has 1 rings (SSSR count). The van der Waals surface area contributed by atoms with Crippen molar-refractivity contribution in [1.29, 1.82) is 0 Å². The second-order valence-electron chi connectivity index (χ2n) is 3.20. The first-order valence-electron chi connectivity index (χ1n) is 4.28. The number of hydrogen-bond donors (Lipinski definition) is 0. The Morgan fingerprint density at radius 2 is 2.00 bits per heavy atom. The lowest BCUT2D eigenvalue weighted by molar-refractivity contribution is 0.494. The molecule has 0 heterocycles. The fourth-order valence-corrected chi connectivity index (χ4v) is 2.16. The van der Waals surface area contributed by atoms with Gasteiger partial charge in [-0.1, -0.05) is 26.2 Å². The van der Waals surface area contributed by atoms with Gasteiger partial charge in [-0.25, -0.2) is 0 Å². The van der Waals surface area contributed by atoms with Gasteiger partial charge in [0.1, 0.15) is 0 Å². The highest BCUT2D eigenvalue weighted by Gasteiger charge is 2.21. The van der Waals surface area contributed by atoms with E-state index in [4.69, 9.17) is 11.6 Å². The molecule has 59 valence electrons. The first-order chi connectivity index (χ1) is 4.84. The SMILES string of the molecule is [CH2]CCC(Cl)C1CCCC1. The van der Waals surface area contributed by atoms with E-state index in [2.05, 4.69) is 6.92 Å². The van der Waals surface area contributed by atoms with Crippen LogP contribution in [0.5, 0.6) is 0 Å². The number of halogens is 1. The van der Waals surface area contributed by atoms with E-state index < -0.39 is 0 Å². The number of hydrogen-bond acceptors (Lipinski definition) is 0. The van der Waals surface area contributed by atoms with Gasteiger partial charge in [-0.15, -0.1) is 11.6 Å². The maximum Gasteiger partial charge on any atom is 0.0364 e. The van der Waals surface area contributed by atoms with E-state index in [-0.39, 0.29) is 0 Å². The molecule has 0 bridgehead atoms. The Morgan fingerprint density at radius 3 is 2.50 bits per heavy atom. The molecule has 0 N–H and O–H groups in total. The molecule has 0 amide bonds. The van der Waals surface area contributed by atoms with E-state index in [1.165, 1.54) is 25.7 Å². The Bertz CT molecular complexity index is 84.7. The average molecular weight is 160 g/mol. The summed E-state index contributed by atoms with van der Waals surface area (Å²) in [5, 5.41) is 0.417. The summed E-state index contributed by atoms with van der Waals surface area (Å²) in [5.41, 5.74) is 0. The van der Waals surface area contributed by atoms with Crippen molar-refractivity contribution in [2.75, 3.05) is 0 Å². The van der Waals surface area contributed by atoms with Crippen molar-refractivity contribution in [3.63, 3.8) is 0 Å². The van der Waals surface area contributed by atoms with Crippen LogP contribution < -0.4 is 0 Å². The van der Waals surface area contributed by atoms with Crippen molar-refractivity contribution >= 4 is 11.6 Å². The highest BCUT2D eigenvalue weighted by molar-refractivity contribution is 6.20. The Balaban J connectivity index is 2.18. The second kappa shape index (κ2) is 4.23. The molecular formula is C9H16Cl. The summed E-state index contributed by atoms with van der Waals surface area (Å²) >= 11 is 6.15. The lowest BCUT2D eigenvalue weighted by Gasteiger charge is -2.14. The van der Waals surface area contributed by atoms with Gasteiger partial charge in [0.15, 0.2) is 0 Å². The molecule has 10 heavy (non-hydrogen) atoms. The maximum atomic E-state index is 6.15. The van der Waals surface area contributed by atoms with E-state index in [1.807, 2.05) is 0 Å². The van der Waals surface area contributed by atoms with Crippen LogP contribution in [0.4, 0.5) is 0 Å². The molecule has 1 heteroatoms. The van der Waals surface area contributed by atoms with Crippen LogP contribution in [0.25, 0.3) is 0 Å². The third-order valence-electron chi connectivity index (χ3n) is 2.39. The van der Waals surface area contributed by atoms with Crippen LogP contribution in [-0.2, 0) is 0 Å². The third kappa shape index (κ3) is 2.16. The molecule has 1 aliphatic carbocycles. The molecule has 1 fully saturated rings. The van der Waals surface area contributed by atoms with Crippen molar-refractivity contribution in [3.05, 3.63) is 6.92 Å². The predicted molar refractivity (Wildman–Crippen MR) is 46.2 cm³/mol. The Hall–Kier alpha value is 0.290. The van der Waals surface area contributed by atoms with Crippen LogP contribution in [0.15, 0.2) is 0 Å². The summed E-state index contributed by atoms with van der Waals surface area (Å²) in [6, 6.07) is 0. The van der Waals surface area contributed by atoms with Crippen molar-refractivity contribution in [1.82, 2.24) is 0 Å². The number of rotatable bonds is 3. The van der Waals surface area contributed by atoms with Crippen LogP contribution in [0, 0.1) is 12.8 Å². The molecule has 1 radical (unpaired) electrons. The first kappa shape index (κ1) is 8.39. The van der Waals surface area contributed by atoms with E-state index in [0.717, 1.165) is 18.8 Å². The fraction of sp³-hybridized carbons (Fsp3) is 0.889. The van der Waals surface area contributed by atoms with Gasteiger partial charge in [0.05, 0.1) is 0 Å². The Morgan fingerprint density at radius 1 is 1.40 bits per heavy atom. The molecule has 1 saturated carbocycles.